The van der Waals surface area contributed by atoms with Gasteiger partial charge < -0.3 is 10.1 Å². The van der Waals surface area contributed by atoms with Crippen LogP contribution in [0.2, 0.25) is 0 Å². The average molecular weight is 313 g/mol. The van der Waals surface area contributed by atoms with Gasteiger partial charge in [0.05, 0.1) is 11.1 Å². The van der Waals surface area contributed by atoms with Gasteiger partial charge in [-0.2, -0.15) is 4.98 Å². The van der Waals surface area contributed by atoms with Crippen molar-refractivity contribution in [3.8, 4) is 0 Å². The van der Waals surface area contributed by atoms with Gasteiger partial charge in [0.15, 0.2) is 5.65 Å². The van der Waals surface area contributed by atoms with Gasteiger partial charge >= 0.3 is 0 Å². The first-order chi connectivity index (χ1) is 8.66. The molecule has 2 heterocycles. The van der Waals surface area contributed by atoms with Crippen LogP contribution in [0.3, 0.4) is 0 Å². The number of hydrogen-bond donors (Lipinski definition) is 1. The number of aromatic nitrogens is 3. The molecule has 2 rings (SSSR count). The molecule has 0 amide bonds. The van der Waals surface area contributed by atoms with Crippen LogP contribution in [-0.4, -0.2) is 34.4 Å². The van der Waals surface area contributed by atoms with Crippen molar-refractivity contribution in [1.82, 2.24) is 14.6 Å². The molecule has 0 saturated carbocycles. The lowest BCUT2D eigenvalue weighted by molar-refractivity contribution is 0.118. The maximum Gasteiger partial charge on any atom is 0.243 e. The van der Waals surface area contributed by atoms with E-state index < -0.39 is 0 Å². The zero-order chi connectivity index (χ0) is 13.0. The molecule has 0 bridgehead atoms. The Labute approximate surface area is 115 Å². The Kier molecular flexibility index (Phi) is 4.54. The second-order valence-corrected chi connectivity index (χ2v) is 5.31. The number of ether oxygens (including phenoxy) is 1. The van der Waals surface area contributed by atoms with Crippen LogP contribution in [0.5, 0.6) is 0 Å². The average Bonchev–Trinajstić information content (AvgIpc) is 2.72. The molecule has 6 heteroatoms. The number of nitrogens with zero attached hydrogens (tertiary/aromatic N) is 3. The molecule has 0 aliphatic heterocycles. The van der Waals surface area contributed by atoms with Crippen LogP contribution < -0.4 is 5.32 Å². The number of fused-ring (bicyclic) bond motifs is 1. The first-order valence-electron chi connectivity index (χ1n) is 5.99. The molecule has 0 spiro atoms. The standard InChI is InChI=1S/C12H17BrN4O/c1-9(2)8-18-7-5-14-12-15-11-10(13)4-3-6-17(11)16-12/h3-4,6,9H,5,7-8H2,1-2H3,(H,14,16). The Hall–Kier alpha value is -1.14. The molecule has 5 nitrogen and oxygen atoms in total. The number of anilines is 1. The molecule has 0 aromatic carbocycles. The lowest BCUT2D eigenvalue weighted by Gasteiger charge is -2.06. The number of hydrogen-bond acceptors (Lipinski definition) is 4. The van der Waals surface area contributed by atoms with Gasteiger partial charge in [-0.05, 0) is 34.0 Å². The maximum absolute atomic E-state index is 5.48. The minimum atomic E-state index is 0.564. The summed E-state index contributed by atoms with van der Waals surface area (Å²) in [6.07, 6.45) is 1.87. The predicted molar refractivity (Wildman–Crippen MR) is 74.8 cm³/mol. The summed E-state index contributed by atoms with van der Waals surface area (Å²) in [5.41, 5.74) is 0.808. The van der Waals surface area contributed by atoms with Gasteiger partial charge in [0.25, 0.3) is 0 Å². The highest BCUT2D eigenvalue weighted by molar-refractivity contribution is 9.10. The van der Waals surface area contributed by atoms with E-state index in [-0.39, 0.29) is 0 Å². The van der Waals surface area contributed by atoms with Crippen molar-refractivity contribution >= 4 is 27.5 Å². The molecule has 18 heavy (non-hydrogen) atoms. The van der Waals surface area contributed by atoms with Crippen LogP contribution in [0.4, 0.5) is 5.95 Å². The van der Waals surface area contributed by atoms with Gasteiger partial charge in [-0.15, -0.1) is 5.10 Å². The minimum absolute atomic E-state index is 0.564. The topological polar surface area (TPSA) is 51.5 Å². The van der Waals surface area contributed by atoms with Crippen molar-refractivity contribution in [2.45, 2.75) is 13.8 Å². The second-order valence-electron chi connectivity index (χ2n) is 4.46. The Morgan fingerprint density at radius 2 is 2.33 bits per heavy atom. The molecule has 0 aliphatic carbocycles. The van der Waals surface area contributed by atoms with Gasteiger partial charge in [-0.1, -0.05) is 13.8 Å². The van der Waals surface area contributed by atoms with Crippen molar-refractivity contribution in [3.63, 3.8) is 0 Å². The van der Waals surface area contributed by atoms with Crippen LogP contribution in [0.25, 0.3) is 5.65 Å². The lowest BCUT2D eigenvalue weighted by Crippen LogP contribution is -2.12. The van der Waals surface area contributed by atoms with E-state index >= 15 is 0 Å². The molecule has 2 aromatic heterocycles. The van der Waals surface area contributed by atoms with Crippen LogP contribution >= 0.6 is 15.9 Å². The largest absolute Gasteiger partial charge is 0.379 e. The summed E-state index contributed by atoms with van der Waals surface area (Å²) in [5, 5.41) is 7.46. The summed E-state index contributed by atoms with van der Waals surface area (Å²) < 4.78 is 8.15. The van der Waals surface area contributed by atoms with Crippen molar-refractivity contribution in [3.05, 3.63) is 22.8 Å². The predicted octanol–water partition coefficient (Wildman–Crippen LogP) is 2.58. The Balaban J connectivity index is 1.87. The number of rotatable bonds is 6. The summed E-state index contributed by atoms with van der Waals surface area (Å²) in [6.45, 7) is 6.42. The summed E-state index contributed by atoms with van der Waals surface area (Å²) in [6, 6.07) is 3.86. The van der Waals surface area contributed by atoms with E-state index in [9.17, 15) is 0 Å². The third kappa shape index (κ3) is 3.43. The van der Waals surface area contributed by atoms with Crippen molar-refractivity contribution in [1.29, 1.82) is 0 Å². The first-order valence-corrected chi connectivity index (χ1v) is 6.78. The summed E-state index contributed by atoms with van der Waals surface area (Å²) in [7, 11) is 0. The fourth-order valence-corrected chi connectivity index (χ4v) is 1.93. The van der Waals surface area contributed by atoms with Crippen molar-refractivity contribution in [2.24, 2.45) is 5.92 Å². The zero-order valence-corrected chi connectivity index (χ0v) is 12.1. The molecule has 2 aromatic rings. The number of halogens is 1. The van der Waals surface area contributed by atoms with E-state index in [2.05, 4.69) is 45.2 Å². The number of pyridine rings is 1. The molecule has 0 fully saturated rings. The van der Waals surface area contributed by atoms with Crippen molar-refractivity contribution in [2.75, 3.05) is 25.1 Å². The van der Waals surface area contributed by atoms with Crippen LogP contribution in [0, 0.1) is 5.92 Å². The van der Waals surface area contributed by atoms with Gasteiger partial charge in [0.2, 0.25) is 5.95 Å². The molecular weight excluding hydrogens is 296 g/mol. The molecule has 1 N–H and O–H groups in total. The molecule has 0 aliphatic rings. The van der Waals surface area contributed by atoms with Gasteiger partial charge in [-0.3, -0.25) is 0 Å². The van der Waals surface area contributed by atoms with Gasteiger partial charge in [-0.25, -0.2) is 4.52 Å². The molecule has 0 unspecified atom stereocenters. The normalized spacial score (nSPS) is 11.3. The molecule has 98 valence electrons. The van der Waals surface area contributed by atoms with Crippen molar-refractivity contribution < 1.29 is 4.74 Å². The number of nitrogens with one attached hydrogen (secondary N) is 1. The quantitative estimate of drug-likeness (QED) is 0.833. The third-order valence-corrected chi connectivity index (χ3v) is 2.91. The molecule has 0 radical (unpaired) electrons. The van der Waals surface area contributed by atoms with E-state index in [0.717, 1.165) is 16.7 Å². The lowest BCUT2D eigenvalue weighted by atomic mass is 10.2. The summed E-state index contributed by atoms with van der Waals surface area (Å²) in [5.74, 6) is 1.18. The van der Waals surface area contributed by atoms with E-state index in [1.165, 1.54) is 0 Å². The molecular formula is C12H17BrN4O. The van der Waals surface area contributed by atoms with Gasteiger partial charge in [0, 0.05) is 19.3 Å². The first kappa shape index (κ1) is 13.3. The zero-order valence-electron chi connectivity index (χ0n) is 10.6. The highest BCUT2D eigenvalue weighted by Gasteiger charge is 2.05. The van der Waals surface area contributed by atoms with Crippen LogP contribution in [0.15, 0.2) is 22.8 Å². The van der Waals surface area contributed by atoms with E-state index in [1.807, 2.05) is 18.3 Å². The molecule has 0 saturated heterocycles. The maximum atomic E-state index is 5.48. The fraction of sp³-hybridized carbons (Fsp3) is 0.500. The van der Waals surface area contributed by atoms with E-state index in [4.69, 9.17) is 4.74 Å². The Bertz CT molecular complexity index is 512. The third-order valence-electron chi connectivity index (χ3n) is 2.30. The second kappa shape index (κ2) is 6.15. The van der Waals surface area contributed by atoms with Crippen LogP contribution in [0.1, 0.15) is 13.8 Å². The van der Waals surface area contributed by atoms with E-state index in [0.29, 0.717) is 25.0 Å². The summed E-state index contributed by atoms with van der Waals surface area (Å²) >= 11 is 3.44. The van der Waals surface area contributed by atoms with E-state index in [1.54, 1.807) is 4.52 Å². The van der Waals surface area contributed by atoms with Crippen LogP contribution in [-0.2, 0) is 4.74 Å². The Morgan fingerprint density at radius 3 is 3.06 bits per heavy atom. The van der Waals surface area contributed by atoms with Gasteiger partial charge in [0.1, 0.15) is 0 Å². The minimum Gasteiger partial charge on any atom is -0.379 e. The highest BCUT2D eigenvalue weighted by Crippen LogP contribution is 2.16. The Morgan fingerprint density at radius 1 is 1.50 bits per heavy atom. The smallest absolute Gasteiger partial charge is 0.243 e. The monoisotopic (exact) mass is 312 g/mol. The molecule has 0 atom stereocenters. The highest BCUT2D eigenvalue weighted by atomic mass is 79.9. The fourth-order valence-electron chi connectivity index (χ4n) is 1.50. The SMILES string of the molecule is CC(C)COCCNc1nc2c(Br)cccn2n1. The summed E-state index contributed by atoms with van der Waals surface area (Å²) in [4.78, 5) is 4.38.